The molecule has 1 atom stereocenters. The summed E-state index contributed by atoms with van der Waals surface area (Å²) < 4.78 is 10.4. The monoisotopic (exact) mass is 263 g/mol. The van der Waals surface area contributed by atoms with Crippen LogP contribution in [-0.4, -0.2) is 24.0 Å². The number of hydrogen-bond donors (Lipinski definition) is 2. The first kappa shape index (κ1) is 13.5. The number of nitrogens with zero attached hydrogens (tertiary/aromatic N) is 1. The van der Waals surface area contributed by atoms with E-state index in [-0.39, 0.29) is 18.4 Å². The average molecular weight is 263 g/mol. The molecule has 1 aromatic carbocycles. The van der Waals surface area contributed by atoms with Crippen LogP contribution in [0.15, 0.2) is 22.6 Å². The van der Waals surface area contributed by atoms with Crippen LogP contribution in [0, 0.1) is 0 Å². The Balaban J connectivity index is 2.14. The lowest BCUT2D eigenvalue weighted by Crippen LogP contribution is -2.23. The van der Waals surface area contributed by atoms with Gasteiger partial charge in [0.1, 0.15) is 12.1 Å². The van der Waals surface area contributed by atoms with Crippen LogP contribution in [0.25, 0.3) is 11.1 Å². The van der Waals surface area contributed by atoms with Crippen LogP contribution in [0.2, 0.25) is 0 Å². The molecule has 2 aromatic rings. The number of anilines is 1. The smallest absolute Gasteiger partial charge is 0.225 e. The predicted octanol–water partition coefficient (Wildman–Crippen LogP) is 1.65. The first-order valence-electron chi connectivity index (χ1n) is 6.02. The zero-order valence-corrected chi connectivity index (χ0v) is 11.0. The summed E-state index contributed by atoms with van der Waals surface area (Å²) in [4.78, 5) is 15.9. The number of hydrogen-bond acceptors (Lipinski definition) is 5. The van der Waals surface area contributed by atoms with Crippen molar-refractivity contribution < 1.29 is 13.9 Å². The molecule has 102 valence electrons. The van der Waals surface area contributed by atoms with Gasteiger partial charge in [-0.1, -0.05) is 0 Å². The number of amides is 1. The second-order valence-electron chi connectivity index (χ2n) is 4.45. The maximum absolute atomic E-state index is 11.6. The Kier molecular flexibility index (Phi) is 4.13. The zero-order valence-electron chi connectivity index (χ0n) is 11.0. The highest BCUT2D eigenvalue weighted by Crippen LogP contribution is 2.20. The summed E-state index contributed by atoms with van der Waals surface area (Å²) in [7, 11) is 1.58. The van der Waals surface area contributed by atoms with E-state index < -0.39 is 0 Å². The van der Waals surface area contributed by atoms with Crippen LogP contribution < -0.4 is 11.1 Å². The number of nitrogens with two attached hydrogens (primary N) is 1. The van der Waals surface area contributed by atoms with Crippen molar-refractivity contribution in [1.29, 1.82) is 0 Å². The van der Waals surface area contributed by atoms with E-state index in [4.69, 9.17) is 14.9 Å². The molecule has 0 radical (unpaired) electrons. The summed E-state index contributed by atoms with van der Waals surface area (Å²) in [6.45, 7) is 2.11. The van der Waals surface area contributed by atoms with Gasteiger partial charge in [-0.3, -0.25) is 4.79 Å². The number of carbonyl (C=O) groups is 1. The Morgan fingerprint density at radius 2 is 2.37 bits per heavy atom. The highest BCUT2D eigenvalue weighted by molar-refractivity contribution is 5.93. The molecular formula is C13H17N3O3. The third kappa shape index (κ3) is 3.52. The van der Waals surface area contributed by atoms with E-state index in [0.29, 0.717) is 29.3 Å². The molecule has 0 aliphatic carbocycles. The fourth-order valence-electron chi connectivity index (χ4n) is 1.74. The minimum Gasteiger partial charge on any atom is -0.438 e. The van der Waals surface area contributed by atoms with Crippen LogP contribution in [0.5, 0.6) is 0 Å². The Hall–Kier alpha value is -1.92. The Bertz CT molecular complexity index is 578. The molecule has 1 heterocycles. The Labute approximate surface area is 110 Å². The number of oxazole rings is 1. The van der Waals surface area contributed by atoms with E-state index in [0.717, 1.165) is 0 Å². The number of rotatable bonds is 5. The van der Waals surface area contributed by atoms with Crippen LogP contribution in [0.1, 0.15) is 19.2 Å². The fourth-order valence-corrected chi connectivity index (χ4v) is 1.74. The number of methoxy groups -OCH3 is 1. The molecule has 0 aliphatic heterocycles. The van der Waals surface area contributed by atoms with Crippen LogP contribution >= 0.6 is 0 Å². The van der Waals surface area contributed by atoms with Crippen LogP contribution in [0.3, 0.4) is 0 Å². The molecular weight excluding hydrogens is 246 g/mol. The lowest BCUT2D eigenvalue weighted by molar-refractivity contribution is -0.116. The molecule has 0 aliphatic rings. The SMILES string of the molecule is COCc1nc2cc(NC(=O)CC(C)N)ccc2o1. The second-order valence-corrected chi connectivity index (χ2v) is 4.45. The van der Waals surface area contributed by atoms with Gasteiger partial charge in [-0.25, -0.2) is 4.98 Å². The molecule has 6 nitrogen and oxygen atoms in total. The first-order chi connectivity index (χ1) is 9.08. The first-order valence-corrected chi connectivity index (χ1v) is 6.02. The summed E-state index contributed by atoms with van der Waals surface area (Å²) in [5.41, 5.74) is 7.60. The van der Waals surface area contributed by atoms with Crippen LogP contribution in [0.4, 0.5) is 5.69 Å². The van der Waals surface area contributed by atoms with Gasteiger partial charge in [-0.05, 0) is 25.1 Å². The lowest BCUT2D eigenvalue weighted by atomic mass is 10.2. The Morgan fingerprint density at radius 1 is 1.58 bits per heavy atom. The quantitative estimate of drug-likeness (QED) is 0.856. The summed E-state index contributed by atoms with van der Waals surface area (Å²) in [5.74, 6) is 0.395. The molecule has 1 amide bonds. The third-order valence-electron chi connectivity index (χ3n) is 2.49. The van der Waals surface area contributed by atoms with Gasteiger partial charge < -0.3 is 20.2 Å². The molecule has 2 rings (SSSR count). The van der Waals surface area contributed by atoms with E-state index in [1.807, 2.05) is 0 Å². The maximum Gasteiger partial charge on any atom is 0.225 e. The number of ether oxygens (including phenoxy) is 1. The van der Waals surface area contributed by atoms with Gasteiger partial charge in [0.25, 0.3) is 0 Å². The third-order valence-corrected chi connectivity index (χ3v) is 2.49. The molecule has 3 N–H and O–H groups in total. The standard InChI is InChI=1S/C13H17N3O3/c1-8(14)5-12(17)15-9-3-4-11-10(6-9)16-13(19-11)7-18-2/h3-4,6,8H,5,7,14H2,1-2H3,(H,15,17). The number of benzene rings is 1. The molecule has 0 saturated carbocycles. The number of fused-ring (bicyclic) bond motifs is 1. The molecule has 1 unspecified atom stereocenters. The van der Waals surface area contributed by atoms with E-state index in [1.54, 1.807) is 32.2 Å². The minimum atomic E-state index is -0.163. The van der Waals surface area contributed by atoms with E-state index in [9.17, 15) is 4.79 Å². The van der Waals surface area contributed by atoms with Gasteiger partial charge in [-0.2, -0.15) is 0 Å². The summed E-state index contributed by atoms with van der Waals surface area (Å²) >= 11 is 0. The minimum absolute atomic E-state index is 0.116. The van der Waals surface area contributed by atoms with E-state index in [1.165, 1.54) is 0 Å². The zero-order chi connectivity index (χ0) is 13.8. The largest absolute Gasteiger partial charge is 0.438 e. The predicted molar refractivity (Wildman–Crippen MR) is 71.6 cm³/mol. The van der Waals surface area contributed by atoms with Crippen molar-refractivity contribution in [2.24, 2.45) is 5.73 Å². The van der Waals surface area contributed by atoms with E-state index in [2.05, 4.69) is 10.3 Å². The summed E-state index contributed by atoms with van der Waals surface area (Å²) in [6.07, 6.45) is 0.284. The van der Waals surface area contributed by atoms with Gasteiger partial charge in [-0.15, -0.1) is 0 Å². The van der Waals surface area contributed by atoms with Crippen molar-refractivity contribution in [2.75, 3.05) is 12.4 Å². The van der Waals surface area contributed by atoms with Gasteiger partial charge in [0, 0.05) is 25.3 Å². The fraction of sp³-hybridized carbons (Fsp3) is 0.385. The summed E-state index contributed by atoms with van der Waals surface area (Å²) in [5, 5.41) is 2.77. The van der Waals surface area contributed by atoms with Crippen molar-refractivity contribution in [1.82, 2.24) is 4.98 Å². The molecule has 0 spiro atoms. The number of aromatic nitrogens is 1. The second kappa shape index (κ2) is 5.81. The highest BCUT2D eigenvalue weighted by Gasteiger charge is 2.09. The van der Waals surface area contributed by atoms with Gasteiger partial charge in [0.2, 0.25) is 11.8 Å². The van der Waals surface area contributed by atoms with Crippen molar-refractivity contribution >= 4 is 22.7 Å². The van der Waals surface area contributed by atoms with Gasteiger partial charge in [0.05, 0.1) is 0 Å². The molecule has 0 saturated heterocycles. The lowest BCUT2D eigenvalue weighted by Gasteiger charge is -2.06. The molecule has 1 aromatic heterocycles. The highest BCUT2D eigenvalue weighted by atomic mass is 16.5. The van der Waals surface area contributed by atoms with Gasteiger partial charge >= 0.3 is 0 Å². The molecule has 6 heteroatoms. The average Bonchev–Trinajstić information content (AvgIpc) is 2.69. The normalized spacial score (nSPS) is 12.6. The maximum atomic E-state index is 11.6. The van der Waals surface area contributed by atoms with E-state index >= 15 is 0 Å². The summed E-state index contributed by atoms with van der Waals surface area (Å²) in [6, 6.07) is 5.13. The van der Waals surface area contributed by atoms with Gasteiger partial charge in [0.15, 0.2) is 5.58 Å². The number of nitrogens with one attached hydrogen (secondary N) is 1. The molecule has 0 bridgehead atoms. The Morgan fingerprint density at radius 3 is 3.05 bits per heavy atom. The molecule has 0 fully saturated rings. The topological polar surface area (TPSA) is 90.4 Å². The van der Waals surface area contributed by atoms with Crippen molar-refractivity contribution in [2.45, 2.75) is 26.0 Å². The van der Waals surface area contributed by atoms with Crippen LogP contribution in [-0.2, 0) is 16.1 Å². The van der Waals surface area contributed by atoms with Crippen molar-refractivity contribution in [3.8, 4) is 0 Å². The van der Waals surface area contributed by atoms with Crippen molar-refractivity contribution in [3.05, 3.63) is 24.1 Å². The van der Waals surface area contributed by atoms with Crippen molar-refractivity contribution in [3.63, 3.8) is 0 Å². The number of carbonyl (C=O) groups excluding carboxylic acids is 1. The molecule has 19 heavy (non-hydrogen) atoms.